The summed E-state index contributed by atoms with van der Waals surface area (Å²) in [6.45, 7) is 3.86. The number of rotatable bonds is 8. The number of benzene rings is 2. The molecule has 2 aromatic rings. The first kappa shape index (κ1) is 24.3. The SMILES string of the molecule is CCCOCCCC1CCC(C2CCc3c(ccc(-c4cc(F)c(F)c(F)c4)c3F)C2)CC1. The molecule has 1 nitrogen and oxygen atoms in total. The molecule has 2 aliphatic rings. The lowest BCUT2D eigenvalue weighted by molar-refractivity contribution is 0.120. The van der Waals surface area contributed by atoms with Gasteiger partial charge in [-0.2, -0.15) is 0 Å². The van der Waals surface area contributed by atoms with E-state index in [9.17, 15) is 13.2 Å². The molecule has 0 saturated heterocycles. The Balaban J connectivity index is 1.36. The van der Waals surface area contributed by atoms with Crippen LogP contribution in [0, 0.1) is 41.0 Å². The molecule has 1 atom stereocenters. The van der Waals surface area contributed by atoms with E-state index >= 15 is 4.39 Å². The second kappa shape index (κ2) is 11.0. The van der Waals surface area contributed by atoms with Gasteiger partial charge in [0.1, 0.15) is 5.82 Å². The van der Waals surface area contributed by atoms with Gasteiger partial charge >= 0.3 is 0 Å². The maximum atomic E-state index is 15.3. The Hall–Kier alpha value is -1.88. The lowest BCUT2D eigenvalue weighted by Crippen LogP contribution is -2.27. The molecule has 2 aliphatic carbocycles. The zero-order chi connectivity index (χ0) is 23.4. The van der Waals surface area contributed by atoms with Crippen molar-refractivity contribution in [3.63, 3.8) is 0 Å². The van der Waals surface area contributed by atoms with Crippen LogP contribution in [0.1, 0.15) is 69.4 Å². The summed E-state index contributed by atoms with van der Waals surface area (Å²) in [7, 11) is 0. The van der Waals surface area contributed by atoms with Crippen LogP contribution in [-0.2, 0) is 17.6 Å². The van der Waals surface area contributed by atoms with Gasteiger partial charge in [-0.1, -0.05) is 31.9 Å². The van der Waals surface area contributed by atoms with Crippen molar-refractivity contribution >= 4 is 0 Å². The van der Waals surface area contributed by atoms with Crippen LogP contribution >= 0.6 is 0 Å². The van der Waals surface area contributed by atoms with Gasteiger partial charge in [0.2, 0.25) is 0 Å². The zero-order valence-electron chi connectivity index (χ0n) is 19.4. The Labute approximate surface area is 194 Å². The molecule has 1 fully saturated rings. The van der Waals surface area contributed by atoms with Crippen molar-refractivity contribution in [1.82, 2.24) is 0 Å². The Kier molecular flexibility index (Phi) is 8.11. The van der Waals surface area contributed by atoms with Crippen LogP contribution in [0.5, 0.6) is 0 Å². The predicted octanol–water partition coefficient (Wildman–Crippen LogP) is 8.03. The smallest absolute Gasteiger partial charge is 0.194 e. The van der Waals surface area contributed by atoms with Crippen molar-refractivity contribution in [2.24, 2.45) is 17.8 Å². The third kappa shape index (κ3) is 5.62. The third-order valence-electron chi connectivity index (χ3n) is 7.69. The molecule has 0 aliphatic heterocycles. The minimum Gasteiger partial charge on any atom is -0.381 e. The van der Waals surface area contributed by atoms with Crippen LogP contribution in [0.25, 0.3) is 11.1 Å². The summed E-state index contributed by atoms with van der Waals surface area (Å²) in [6, 6.07) is 5.20. The summed E-state index contributed by atoms with van der Waals surface area (Å²) in [6.07, 6.45) is 11.0. The van der Waals surface area contributed by atoms with Gasteiger partial charge in [-0.25, -0.2) is 17.6 Å². The summed E-state index contributed by atoms with van der Waals surface area (Å²) >= 11 is 0. The van der Waals surface area contributed by atoms with Crippen LogP contribution < -0.4 is 0 Å². The fraction of sp³-hybridized carbons (Fsp3) is 0.571. The highest BCUT2D eigenvalue weighted by Crippen LogP contribution is 2.42. The molecule has 1 saturated carbocycles. The lowest BCUT2D eigenvalue weighted by atomic mass is 9.69. The fourth-order valence-electron chi connectivity index (χ4n) is 5.84. The van der Waals surface area contributed by atoms with Gasteiger partial charge in [-0.05, 0) is 97.9 Å². The topological polar surface area (TPSA) is 9.23 Å². The van der Waals surface area contributed by atoms with E-state index < -0.39 is 23.3 Å². The van der Waals surface area contributed by atoms with Crippen molar-refractivity contribution in [3.05, 3.63) is 58.7 Å². The second-order valence-corrected chi connectivity index (χ2v) is 9.86. The number of halogens is 4. The van der Waals surface area contributed by atoms with E-state index in [2.05, 4.69) is 6.92 Å². The Bertz CT molecular complexity index is 926. The Morgan fingerprint density at radius 3 is 2.27 bits per heavy atom. The van der Waals surface area contributed by atoms with Crippen LogP contribution in [0.2, 0.25) is 0 Å². The molecule has 0 bridgehead atoms. The summed E-state index contributed by atoms with van der Waals surface area (Å²) in [5.41, 5.74) is 1.82. The van der Waals surface area contributed by atoms with E-state index in [1.807, 2.05) is 6.07 Å². The lowest BCUT2D eigenvalue weighted by Gasteiger charge is -2.37. The van der Waals surface area contributed by atoms with Gasteiger partial charge < -0.3 is 4.74 Å². The normalized spacial score (nSPS) is 22.9. The van der Waals surface area contributed by atoms with E-state index in [1.54, 1.807) is 6.07 Å². The largest absolute Gasteiger partial charge is 0.381 e. The van der Waals surface area contributed by atoms with Gasteiger partial charge in [-0.15, -0.1) is 0 Å². The quantitative estimate of drug-likeness (QED) is 0.219. The summed E-state index contributed by atoms with van der Waals surface area (Å²) < 4.78 is 61.5. The summed E-state index contributed by atoms with van der Waals surface area (Å²) in [4.78, 5) is 0. The van der Waals surface area contributed by atoms with Crippen molar-refractivity contribution in [2.45, 2.75) is 71.1 Å². The minimum absolute atomic E-state index is 0.0345. The first-order valence-corrected chi connectivity index (χ1v) is 12.5. The van der Waals surface area contributed by atoms with E-state index in [-0.39, 0.29) is 11.1 Å². The molecular formula is C28H34F4O. The zero-order valence-corrected chi connectivity index (χ0v) is 19.4. The first-order chi connectivity index (χ1) is 16.0. The fourth-order valence-corrected chi connectivity index (χ4v) is 5.84. The number of hydrogen-bond acceptors (Lipinski definition) is 1. The summed E-state index contributed by atoms with van der Waals surface area (Å²) in [5.74, 6) is -2.49. The van der Waals surface area contributed by atoms with E-state index in [1.165, 1.54) is 32.1 Å². The summed E-state index contributed by atoms with van der Waals surface area (Å²) in [5, 5.41) is 0. The maximum Gasteiger partial charge on any atom is 0.194 e. The minimum atomic E-state index is -1.53. The molecular weight excluding hydrogens is 428 g/mol. The highest BCUT2D eigenvalue weighted by Gasteiger charge is 2.31. The van der Waals surface area contributed by atoms with E-state index in [0.29, 0.717) is 23.8 Å². The van der Waals surface area contributed by atoms with Gasteiger partial charge in [0.15, 0.2) is 17.5 Å². The molecule has 5 heteroatoms. The molecule has 0 aromatic heterocycles. The van der Waals surface area contributed by atoms with Crippen molar-refractivity contribution in [3.8, 4) is 11.1 Å². The van der Waals surface area contributed by atoms with Crippen LogP contribution in [0.3, 0.4) is 0 Å². The standard InChI is InChI=1S/C28H34F4O/c1-2-13-33-14-3-4-18-5-7-19(8-6-18)20-9-11-23-21(15-20)10-12-24(27(23)31)22-16-25(29)28(32)26(30)17-22/h10,12,16-20H,2-9,11,13-15H2,1H3. The molecule has 0 heterocycles. The molecule has 0 amide bonds. The van der Waals surface area contributed by atoms with Crippen LogP contribution in [0.15, 0.2) is 24.3 Å². The molecule has 33 heavy (non-hydrogen) atoms. The average Bonchev–Trinajstić information content (AvgIpc) is 2.82. The van der Waals surface area contributed by atoms with Crippen molar-refractivity contribution in [1.29, 1.82) is 0 Å². The molecule has 1 unspecified atom stereocenters. The highest BCUT2D eigenvalue weighted by molar-refractivity contribution is 5.66. The van der Waals surface area contributed by atoms with Crippen LogP contribution in [-0.4, -0.2) is 13.2 Å². The molecule has 4 rings (SSSR count). The highest BCUT2D eigenvalue weighted by atomic mass is 19.2. The van der Waals surface area contributed by atoms with Gasteiger partial charge in [0.05, 0.1) is 0 Å². The number of ether oxygens (including phenoxy) is 1. The molecule has 0 radical (unpaired) electrons. The van der Waals surface area contributed by atoms with E-state index in [0.717, 1.165) is 62.5 Å². The Morgan fingerprint density at radius 1 is 0.848 bits per heavy atom. The van der Waals surface area contributed by atoms with Gasteiger partial charge in [0, 0.05) is 18.8 Å². The molecule has 0 N–H and O–H groups in total. The van der Waals surface area contributed by atoms with Crippen LogP contribution in [0.4, 0.5) is 17.6 Å². The second-order valence-electron chi connectivity index (χ2n) is 9.86. The Morgan fingerprint density at radius 2 is 1.58 bits per heavy atom. The average molecular weight is 463 g/mol. The number of hydrogen-bond donors (Lipinski definition) is 0. The van der Waals surface area contributed by atoms with Crippen molar-refractivity contribution < 1.29 is 22.3 Å². The monoisotopic (exact) mass is 462 g/mol. The first-order valence-electron chi connectivity index (χ1n) is 12.5. The van der Waals surface area contributed by atoms with Gasteiger partial charge in [0.25, 0.3) is 0 Å². The predicted molar refractivity (Wildman–Crippen MR) is 123 cm³/mol. The molecule has 0 spiro atoms. The van der Waals surface area contributed by atoms with Crippen molar-refractivity contribution in [2.75, 3.05) is 13.2 Å². The van der Waals surface area contributed by atoms with Gasteiger partial charge in [-0.3, -0.25) is 0 Å². The maximum absolute atomic E-state index is 15.3. The number of fused-ring (bicyclic) bond motifs is 1. The molecule has 2 aromatic carbocycles. The molecule has 180 valence electrons. The van der Waals surface area contributed by atoms with E-state index in [4.69, 9.17) is 4.74 Å². The third-order valence-corrected chi connectivity index (χ3v) is 7.69.